The number of aromatic amines is 1. The number of aromatic nitrogens is 2. The fraction of sp³-hybridized carbons (Fsp3) is 0.273. The summed E-state index contributed by atoms with van der Waals surface area (Å²) in [7, 11) is 0. The summed E-state index contributed by atoms with van der Waals surface area (Å²) in [5, 5.41) is 9.77. The van der Waals surface area contributed by atoms with Crippen LogP contribution < -0.4 is 11.1 Å². The fourth-order valence-electron chi connectivity index (χ4n) is 1.56. The summed E-state index contributed by atoms with van der Waals surface area (Å²) in [6.07, 6.45) is 0.198. The lowest BCUT2D eigenvalue weighted by molar-refractivity contribution is -0.116. The number of hydrogen-bond acceptors (Lipinski definition) is 3. The van der Waals surface area contributed by atoms with E-state index in [1.165, 1.54) is 12.1 Å². The summed E-state index contributed by atoms with van der Waals surface area (Å²) >= 11 is 0. The second-order valence-corrected chi connectivity index (χ2v) is 3.99. The summed E-state index contributed by atoms with van der Waals surface area (Å²) < 4.78 is 13.1. The lowest BCUT2D eigenvalue weighted by atomic mass is 10.2. The quantitative estimate of drug-likeness (QED) is 0.797. The van der Waals surface area contributed by atoms with Crippen molar-refractivity contribution in [2.75, 3.05) is 5.32 Å². The minimum absolute atomic E-state index is 0. The first-order valence-electron chi connectivity index (χ1n) is 5.25. The zero-order chi connectivity index (χ0) is 12.4. The maximum Gasteiger partial charge on any atom is 0.227 e. The SMILES string of the molecule is CC(N)CC(=O)Nc1n[nH]c2ccc(F)cc12.Cl. The van der Waals surface area contributed by atoms with Gasteiger partial charge in [0.2, 0.25) is 5.91 Å². The number of H-pyrrole nitrogens is 1. The summed E-state index contributed by atoms with van der Waals surface area (Å²) in [6.45, 7) is 1.74. The molecule has 1 unspecified atom stereocenters. The Morgan fingerprint density at radius 1 is 1.61 bits per heavy atom. The Kier molecular flexibility index (Phi) is 4.63. The van der Waals surface area contributed by atoms with Gasteiger partial charge in [0, 0.05) is 17.8 Å². The van der Waals surface area contributed by atoms with Crippen LogP contribution >= 0.6 is 12.4 Å². The van der Waals surface area contributed by atoms with Gasteiger partial charge in [0.25, 0.3) is 0 Å². The molecule has 0 fully saturated rings. The third-order valence-corrected chi connectivity index (χ3v) is 2.29. The molecule has 2 rings (SSSR count). The molecule has 2 aromatic rings. The van der Waals surface area contributed by atoms with Gasteiger partial charge >= 0.3 is 0 Å². The summed E-state index contributed by atoms with van der Waals surface area (Å²) in [5.41, 5.74) is 6.18. The molecule has 0 saturated heterocycles. The molecule has 0 saturated carbocycles. The van der Waals surface area contributed by atoms with Gasteiger partial charge in [-0.1, -0.05) is 0 Å². The van der Waals surface area contributed by atoms with E-state index >= 15 is 0 Å². The van der Waals surface area contributed by atoms with Gasteiger partial charge in [-0.2, -0.15) is 5.10 Å². The van der Waals surface area contributed by atoms with E-state index in [4.69, 9.17) is 5.73 Å². The molecule has 7 heteroatoms. The standard InChI is InChI=1S/C11H13FN4O.ClH/c1-6(13)4-10(17)14-11-8-5-7(12)2-3-9(8)15-16-11;/h2-3,5-6H,4,13H2,1H3,(H2,14,15,16,17);1H. The highest BCUT2D eigenvalue weighted by Crippen LogP contribution is 2.21. The zero-order valence-electron chi connectivity index (χ0n) is 9.74. The monoisotopic (exact) mass is 272 g/mol. The van der Waals surface area contributed by atoms with Crippen molar-refractivity contribution in [3.8, 4) is 0 Å². The van der Waals surface area contributed by atoms with E-state index in [-0.39, 0.29) is 36.6 Å². The van der Waals surface area contributed by atoms with Crippen LogP contribution in [0.25, 0.3) is 10.9 Å². The number of hydrogen-bond donors (Lipinski definition) is 3. The maximum atomic E-state index is 13.1. The number of nitrogens with zero attached hydrogens (tertiary/aromatic N) is 1. The van der Waals surface area contributed by atoms with Crippen molar-refractivity contribution in [3.63, 3.8) is 0 Å². The summed E-state index contributed by atoms with van der Waals surface area (Å²) in [6, 6.07) is 3.99. The number of nitrogens with one attached hydrogen (secondary N) is 2. The molecule has 0 radical (unpaired) electrons. The number of anilines is 1. The van der Waals surface area contributed by atoms with Crippen LogP contribution in [0.2, 0.25) is 0 Å². The van der Waals surface area contributed by atoms with Gasteiger partial charge in [0.05, 0.1) is 5.52 Å². The van der Waals surface area contributed by atoms with E-state index in [1.54, 1.807) is 13.0 Å². The maximum absolute atomic E-state index is 13.1. The van der Waals surface area contributed by atoms with E-state index in [0.717, 1.165) is 0 Å². The van der Waals surface area contributed by atoms with Crippen LogP contribution in [0.1, 0.15) is 13.3 Å². The molecule has 1 atom stereocenters. The highest BCUT2D eigenvalue weighted by Gasteiger charge is 2.11. The third kappa shape index (κ3) is 3.18. The molecule has 98 valence electrons. The molecule has 1 heterocycles. The Labute approximate surface area is 109 Å². The zero-order valence-corrected chi connectivity index (χ0v) is 10.6. The second kappa shape index (κ2) is 5.79. The molecule has 0 aliphatic rings. The van der Waals surface area contributed by atoms with Crippen molar-refractivity contribution >= 4 is 35.0 Å². The van der Waals surface area contributed by atoms with Crippen molar-refractivity contribution in [2.24, 2.45) is 5.73 Å². The van der Waals surface area contributed by atoms with Gasteiger partial charge in [0.15, 0.2) is 5.82 Å². The van der Waals surface area contributed by atoms with Gasteiger partial charge in [-0.25, -0.2) is 4.39 Å². The van der Waals surface area contributed by atoms with Gasteiger partial charge in [-0.05, 0) is 25.1 Å². The van der Waals surface area contributed by atoms with Crippen molar-refractivity contribution < 1.29 is 9.18 Å². The lowest BCUT2D eigenvalue weighted by Crippen LogP contribution is -2.24. The van der Waals surface area contributed by atoms with Gasteiger partial charge in [-0.15, -0.1) is 12.4 Å². The smallest absolute Gasteiger partial charge is 0.227 e. The predicted molar refractivity (Wildman–Crippen MR) is 70.2 cm³/mol. The molecule has 0 aliphatic heterocycles. The lowest BCUT2D eigenvalue weighted by Gasteiger charge is -2.04. The first-order valence-corrected chi connectivity index (χ1v) is 5.25. The molecular weight excluding hydrogens is 259 g/mol. The Morgan fingerprint density at radius 2 is 2.33 bits per heavy atom. The van der Waals surface area contributed by atoms with Crippen LogP contribution in [0, 0.1) is 5.82 Å². The number of carbonyl (C=O) groups is 1. The molecule has 0 bridgehead atoms. The normalized spacial score (nSPS) is 11.9. The average molecular weight is 273 g/mol. The van der Waals surface area contributed by atoms with Crippen LogP contribution in [0.15, 0.2) is 18.2 Å². The van der Waals surface area contributed by atoms with Crippen molar-refractivity contribution in [1.29, 1.82) is 0 Å². The molecule has 5 nitrogen and oxygen atoms in total. The van der Waals surface area contributed by atoms with E-state index in [1.807, 2.05) is 0 Å². The second-order valence-electron chi connectivity index (χ2n) is 3.99. The van der Waals surface area contributed by atoms with Crippen LogP contribution in [0.5, 0.6) is 0 Å². The van der Waals surface area contributed by atoms with E-state index in [0.29, 0.717) is 16.7 Å². The molecule has 18 heavy (non-hydrogen) atoms. The van der Waals surface area contributed by atoms with E-state index in [9.17, 15) is 9.18 Å². The third-order valence-electron chi connectivity index (χ3n) is 2.29. The van der Waals surface area contributed by atoms with E-state index < -0.39 is 0 Å². The fourth-order valence-corrected chi connectivity index (χ4v) is 1.56. The molecule has 4 N–H and O–H groups in total. The minimum Gasteiger partial charge on any atom is -0.327 e. The predicted octanol–water partition coefficient (Wildman–Crippen LogP) is 1.80. The average Bonchev–Trinajstić information content (AvgIpc) is 2.60. The number of fused-ring (bicyclic) bond motifs is 1. The minimum atomic E-state index is -0.374. The molecule has 1 aromatic carbocycles. The van der Waals surface area contributed by atoms with Gasteiger partial charge in [-0.3, -0.25) is 9.89 Å². The van der Waals surface area contributed by atoms with Crippen molar-refractivity contribution in [1.82, 2.24) is 10.2 Å². The number of halogens is 2. The van der Waals surface area contributed by atoms with Crippen LogP contribution in [-0.4, -0.2) is 22.1 Å². The first kappa shape index (κ1) is 14.4. The largest absolute Gasteiger partial charge is 0.327 e. The molecule has 0 spiro atoms. The molecule has 1 amide bonds. The van der Waals surface area contributed by atoms with Crippen LogP contribution in [0.4, 0.5) is 10.2 Å². The number of amides is 1. The molecular formula is C11H14ClFN4O. The van der Waals surface area contributed by atoms with Crippen molar-refractivity contribution in [2.45, 2.75) is 19.4 Å². The first-order chi connectivity index (χ1) is 8.06. The summed E-state index contributed by atoms with van der Waals surface area (Å²) in [4.78, 5) is 11.5. The number of rotatable bonds is 3. The van der Waals surface area contributed by atoms with Gasteiger partial charge in [0.1, 0.15) is 5.82 Å². The number of benzene rings is 1. The van der Waals surface area contributed by atoms with Crippen LogP contribution in [0.3, 0.4) is 0 Å². The highest BCUT2D eigenvalue weighted by molar-refractivity contribution is 5.99. The highest BCUT2D eigenvalue weighted by atomic mass is 35.5. The molecule has 0 aliphatic carbocycles. The summed E-state index contributed by atoms with van der Waals surface area (Å²) in [5.74, 6) is -0.288. The number of nitrogens with two attached hydrogens (primary N) is 1. The van der Waals surface area contributed by atoms with Crippen molar-refractivity contribution in [3.05, 3.63) is 24.0 Å². The van der Waals surface area contributed by atoms with Gasteiger partial charge < -0.3 is 11.1 Å². The van der Waals surface area contributed by atoms with Crippen LogP contribution in [-0.2, 0) is 4.79 Å². The Bertz CT molecular complexity index is 555. The van der Waals surface area contributed by atoms with E-state index in [2.05, 4.69) is 15.5 Å². The number of carbonyl (C=O) groups excluding carboxylic acids is 1. The molecule has 1 aromatic heterocycles. The Morgan fingerprint density at radius 3 is 3.00 bits per heavy atom. The Balaban J connectivity index is 0.00000162. The topological polar surface area (TPSA) is 83.8 Å². The Hall–Kier alpha value is -1.66.